The Bertz CT molecular complexity index is 1250. The lowest BCUT2D eigenvalue weighted by molar-refractivity contribution is -0.389. The monoisotopic (exact) mass is 569 g/mol. The molecule has 1 N–H and O–H groups in total. The van der Waals surface area contributed by atoms with E-state index in [2.05, 4.69) is 19.6 Å². The normalized spacial score (nSPS) is 16.1. The van der Waals surface area contributed by atoms with Crippen LogP contribution in [0.2, 0.25) is 5.28 Å². The van der Waals surface area contributed by atoms with Crippen LogP contribution in [-0.4, -0.2) is 50.1 Å². The Balaban J connectivity index is 1.32. The highest BCUT2D eigenvalue weighted by molar-refractivity contribution is 6.28. The topological polar surface area (TPSA) is 116 Å². The molecule has 4 rings (SSSR count). The van der Waals surface area contributed by atoms with Crippen molar-refractivity contribution in [2.45, 2.75) is 51.3 Å². The number of halogens is 4. The number of anilines is 1. The van der Waals surface area contributed by atoms with E-state index in [4.69, 9.17) is 16.3 Å². The predicted octanol–water partition coefficient (Wildman–Crippen LogP) is 5.55. The number of hydrogen-bond donors (Lipinski definition) is 1. The van der Waals surface area contributed by atoms with Crippen molar-refractivity contribution >= 4 is 23.2 Å². The second-order valence-electron chi connectivity index (χ2n) is 9.37. The highest BCUT2D eigenvalue weighted by Crippen LogP contribution is 2.30. The zero-order valence-corrected chi connectivity index (χ0v) is 21.7. The minimum absolute atomic E-state index is 0.112. The van der Waals surface area contributed by atoms with Gasteiger partial charge in [-0.15, -0.1) is 13.2 Å². The quantitative estimate of drug-likeness (QED) is 0.250. The van der Waals surface area contributed by atoms with Crippen molar-refractivity contribution in [3.63, 3.8) is 0 Å². The van der Waals surface area contributed by atoms with Crippen molar-refractivity contribution in [1.82, 2.24) is 14.5 Å². The van der Waals surface area contributed by atoms with E-state index in [-0.39, 0.29) is 17.5 Å². The molecule has 2 aromatic heterocycles. The van der Waals surface area contributed by atoms with E-state index >= 15 is 0 Å². The molecular formula is C25H27ClF3N5O5. The Morgan fingerprint density at radius 1 is 1.18 bits per heavy atom. The molecule has 0 saturated carbocycles. The summed E-state index contributed by atoms with van der Waals surface area (Å²) in [4.78, 5) is 20.7. The molecule has 210 valence electrons. The van der Waals surface area contributed by atoms with Gasteiger partial charge in [0.05, 0.1) is 12.3 Å². The first-order chi connectivity index (χ1) is 18.5. The first-order valence-corrected chi connectivity index (χ1v) is 12.6. The number of nitrogens with zero attached hydrogens (tertiary/aromatic N) is 5. The first-order valence-electron chi connectivity index (χ1n) is 12.3. The summed E-state index contributed by atoms with van der Waals surface area (Å²) in [7, 11) is 0. The van der Waals surface area contributed by atoms with Gasteiger partial charge in [0.2, 0.25) is 0 Å². The van der Waals surface area contributed by atoms with E-state index in [1.807, 2.05) is 6.07 Å². The number of hydrogen-bond acceptors (Lipinski definition) is 8. The van der Waals surface area contributed by atoms with Gasteiger partial charge in [-0.25, -0.2) is 4.98 Å². The number of aliphatic hydroxyl groups is 1. The molecule has 39 heavy (non-hydrogen) atoms. The highest BCUT2D eigenvalue weighted by atomic mass is 35.5. The number of aliphatic hydroxyl groups excluding tert-OH is 1. The molecule has 2 unspecified atom stereocenters. The van der Waals surface area contributed by atoms with Gasteiger partial charge < -0.3 is 29.6 Å². The minimum atomic E-state index is -4.70. The van der Waals surface area contributed by atoms with Crippen molar-refractivity contribution < 1.29 is 32.7 Å². The number of aromatic nitrogens is 3. The van der Waals surface area contributed by atoms with E-state index in [9.17, 15) is 28.4 Å². The largest absolute Gasteiger partial charge is 0.573 e. The van der Waals surface area contributed by atoms with Gasteiger partial charge in [-0.05, 0) is 83.4 Å². The third kappa shape index (κ3) is 7.96. The standard InChI is InChI=1S/C25H27ClF3N5O5/c1-16(35)12-23(33-15-22(34(36)37)31-24(33)26)38-20-6-7-21(30-14-20)32-10-8-18(9-11-32)13-17-2-4-19(5-3-17)39-25(27,28)29/h2-7,14-16,18,23,35H,8-13H2,1H3. The average molecular weight is 570 g/mol. The van der Waals surface area contributed by atoms with Crippen molar-refractivity contribution in [1.29, 1.82) is 0 Å². The van der Waals surface area contributed by atoms with Crippen LogP contribution in [0.4, 0.5) is 24.8 Å². The summed E-state index contributed by atoms with van der Waals surface area (Å²) in [6.07, 6.45) is -0.941. The number of alkyl halides is 3. The molecule has 1 saturated heterocycles. The molecule has 1 aliphatic rings. The van der Waals surface area contributed by atoms with Gasteiger partial charge in [0.15, 0.2) is 6.23 Å². The van der Waals surface area contributed by atoms with Crippen molar-refractivity contribution in [3.8, 4) is 11.5 Å². The van der Waals surface area contributed by atoms with Crippen molar-refractivity contribution in [2.24, 2.45) is 5.92 Å². The van der Waals surface area contributed by atoms with E-state index in [1.165, 1.54) is 16.7 Å². The maximum Gasteiger partial charge on any atom is 0.573 e. The lowest BCUT2D eigenvalue weighted by Gasteiger charge is -2.33. The fourth-order valence-corrected chi connectivity index (χ4v) is 4.72. The Kier molecular flexibility index (Phi) is 8.80. The summed E-state index contributed by atoms with van der Waals surface area (Å²) in [6, 6.07) is 9.53. The molecule has 2 atom stereocenters. The van der Waals surface area contributed by atoms with Gasteiger partial charge >= 0.3 is 17.5 Å². The third-order valence-electron chi connectivity index (χ3n) is 6.33. The molecular weight excluding hydrogens is 543 g/mol. The van der Waals surface area contributed by atoms with Gasteiger partial charge in [-0.1, -0.05) is 12.1 Å². The van der Waals surface area contributed by atoms with Gasteiger partial charge in [-0.2, -0.15) is 0 Å². The lowest BCUT2D eigenvalue weighted by Crippen LogP contribution is -2.34. The Labute approximate surface area is 227 Å². The average Bonchev–Trinajstić information content (AvgIpc) is 3.27. The summed E-state index contributed by atoms with van der Waals surface area (Å²) in [5.74, 6) is 0.890. The summed E-state index contributed by atoms with van der Waals surface area (Å²) < 4.78 is 48.2. The number of piperidine rings is 1. The maximum atomic E-state index is 12.3. The smallest absolute Gasteiger partial charge is 0.468 e. The highest BCUT2D eigenvalue weighted by Gasteiger charge is 2.31. The van der Waals surface area contributed by atoms with Crippen LogP contribution in [0, 0.1) is 16.0 Å². The van der Waals surface area contributed by atoms with Crippen molar-refractivity contribution in [2.75, 3.05) is 18.0 Å². The van der Waals surface area contributed by atoms with E-state index in [1.54, 1.807) is 31.3 Å². The van der Waals surface area contributed by atoms with Crippen LogP contribution in [0.1, 0.15) is 38.0 Å². The van der Waals surface area contributed by atoms with Gasteiger partial charge in [0.1, 0.15) is 23.5 Å². The van der Waals surface area contributed by atoms with E-state index in [0.717, 1.165) is 49.9 Å². The molecule has 0 amide bonds. The summed E-state index contributed by atoms with van der Waals surface area (Å²) in [6.45, 7) is 3.11. The van der Waals surface area contributed by atoms with Gasteiger partial charge in [-0.3, -0.25) is 4.57 Å². The van der Waals surface area contributed by atoms with Crippen LogP contribution in [0.5, 0.6) is 11.5 Å². The number of rotatable bonds is 10. The fraction of sp³-hybridized carbons (Fsp3) is 0.440. The predicted molar refractivity (Wildman–Crippen MR) is 136 cm³/mol. The summed E-state index contributed by atoms with van der Waals surface area (Å²) in [5, 5.41) is 20.8. The zero-order chi connectivity index (χ0) is 28.2. The zero-order valence-electron chi connectivity index (χ0n) is 20.9. The molecule has 0 spiro atoms. The molecule has 10 nitrogen and oxygen atoms in total. The number of nitro groups is 1. The SMILES string of the molecule is CC(O)CC(Oc1ccc(N2CCC(Cc3ccc(OC(F)(F)F)cc3)CC2)nc1)n1cc([N+](=O)[O-])nc1Cl. The third-order valence-corrected chi connectivity index (χ3v) is 6.61. The molecule has 0 aliphatic carbocycles. The summed E-state index contributed by atoms with van der Waals surface area (Å²) in [5.41, 5.74) is 0.956. The minimum Gasteiger partial charge on any atom is -0.468 e. The van der Waals surface area contributed by atoms with Crippen LogP contribution in [-0.2, 0) is 6.42 Å². The molecule has 3 heterocycles. The molecule has 3 aromatic rings. The summed E-state index contributed by atoms with van der Waals surface area (Å²) >= 11 is 6.07. The Hall–Kier alpha value is -3.58. The Morgan fingerprint density at radius 3 is 2.38 bits per heavy atom. The number of imidazole rings is 1. The molecule has 1 aromatic carbocycles. The first kappa shape index (κ1) is 28.4. The van der Waals surface area contributed by atoms with Crippen LogP contribution >= 0.6 is 11.6 Å². The molecule has 1 fully saturated rings. The van der Waals surface area contributed by atoms with Crippen molar-refractivity contribution in [3.05, 3.63) is 69.8 Å². The molecule has 14 heteroatoms. The van der Waals surface area contributed by atoms with Crippen LogP contribution in [0.25, 0.3) is 0 Å². The second-order valence-corrected chi connectivity index (χ2v) is 9.71. The Morgan fingerprint density at radius 2 is 1.85 bits per heavy atom. The van der Waals surface area contributed by atoms with Crippen LogP contribution in [0.15, 0.2) is 48.8 Å². The maximum absolute atomic E-state index is 12.3. The van der Waals surface area contributed by atoms with E-state index < -0.39 is 29.4 Å². The molecule has 0 bridgehead atoms. The van der Waals surface area contributed by atoms with Crippen LogP contribution < -0.4 is 14.4 Å². The van der Waals surface area contributed by atoms with E-state index in [0.29, 0.717) is 11.7 Å². The number of pyridine rings is 1. The van der Waals surface area contributed by atoms with Gasteiger partial charge in [0.25, 0.3) is 0 Å². The fourth-order valence-electron chi connectivity index (χ4n) is 4.47. The lowest BCUT2D eigenvalue weighted by atomic mass is 9.90. The number of ether oxygens (including phenoxy) is 2. The molecule has 1 aliphatic heterocycles. The second kappa shape index (κ2) is 12.1. The molecule has 0 radical (unpaired) electrons. The van der Waals surface area contributed by atoms with Gasteiger partial charge in [0, 0.05) is 19.5 Å². The number of benzene rings is 1. The van der Waals surface area contributed by atoms with Crippen LogP contribution in [0.3, 0.4) is 0 Å².